The van der Waals surface area contributed by atoms with Gasteiger partial charge >= 0.3 is 0 Å². The molecule has 1 heterocycles. The Balaban J connectivity index is 0.00000196. The molecule has 1 aromatic heterocycles. The van der Waals surface area contributed by atoms with Crippen LogP contribution < -0.4 is 11.1 Å². The van der Waals surface area contributed by atoms with Gasteiger partial charge in [0.1, 0.15) is 12.4 Å². The quantitative estimate of drug-likeness (QED) is 0.861. The molecule has 3 N–H and O–H groups in total. The zero-order valence-corrected chi connectivity index (χ0v) is 16.2. The number of carbonyl (C=O) groups excluding carboxylic acids is 1. The van der Waals surface area contributed by atoms with E-state index in [1.165, 1.54) is 19.3 Å². The fourth-order valence-corrected chi connectivity index (χ4v) is 4.97. The third-order valence-electron chi connectivity index (χ3n) is 6.06. The summed E-state index contributed by atoms with van der Waals surface area (Å²) in [7, 11) is 0. The number of nitrogens with two attached hydrogens (primary N) is 1. The van der Waals surface area contributed by atoms with Crippen LogP contribution in [0, 0.1) is 11.8 Å². The molecule has 2 aliphatic rings. The summed E-state index contributed by atoms with van der Waals surface area (Å²) in [6.45, 7) is 2.44. The van der Waals surface area contributed by atoms with Crippen molar-refractivity contribution in [2.24, 2.45) is 17.6 Å². The highest BCUT2D eigenvalue weighted by Gasteiger charge is 2.39. The largest absolute Gasteiger partial charge is 0.351 e. The number of rotatable bonds is 4. The van der Waals surface area contributed by atoms with Gasteiger partial charge in [-0.3, -0.25) is 4.79 Å². The Morgan fingerprint density at radius 2 is 1.96 bits per heavy atom. The van der Waals surface area contributed by atoms with Gasteiger partial charge in [0.05, 0.1) is 11.0 Å². The molecule has 1 amide bonds. The van der Waals surface area contributed by atoms with E-state index in [1.807, 2.05) is 24.3 Å². The molecule has 5 nitrogen and oxygen atoms in total. The molecule has 4 rings (SSSR count). The predicted octanol–water partition coefficient (Wildman–Crippen LogP) is 3.04. The van der Waals surface area contributed by atoms with Crippen molar-refractivity contribution in [2.45, 2.75) is 64.1 Å². The second-order valence-electron chi connectivity index (χ2n) is 7.73. The van der Waals surface area contributed by atoms with Crippen LogP contribution in [0.2, 0.25) is 0 Å². The number of hydrogen-bond acceptors (Lipinski definition) is 3. The molecule has 26 heavy (non-hydrogen) atoms. The minimum absolute atomic E-state index is 0. The Morgan fingerprint density at radius 1 is 1.27 bits per heavy atom. The average Bonchev–Trinajstić information content (AvgIpc) is 2.93. The summed E-state index contributed by atoms with van der Waals surface area (Å²) in [4.78, 5) is 17.5. The standard InChI is InChI=1S/C20H28N4O.ClH/c1-2-18-22-16-8-3-4-9-17(16)24(18)12-19(25)23-20-13-6-5-7-14(20)11-15(21)10-13;/h3-4,8-9,13-15,20H,2,5-7,10-12,21H2,1H3,(H,23,25);1H. The molecule has 1 aromatic carbocycles. The fraction of sp³-hybridized carbons (Fsp3) is 0.600. The Bertz CT molecular complexity index is 760. The Labute approximate surface area is 161 Å². The fourth-order valence-electron chi connectivity index (χ4n) is 4.97. The molecule has 2 atom stereocenters. The molecule has 142 valence electrons. The lowest BCUT2D eigenvalue weighted by Crippen LogP contribution is -2.54. The molecule has 0 saturated heterocycles. The smallest absolute Gasteiger partial charge is 0.240 e. The summed E-state index contributed by atoms with van der Waals surface area (Å²) in [6.07, 6.45) is 6.60. The number of amides is 1. The van der Waals surface area contributed by atoms with Crippen molar-refractivity contribution in [1.29, 1.82) is 0 Å². The lowest BCUT2D eigenvalue weighted by atomic mass is 9.67. The number of carbonyl (C=O) groups is 1. The zero-order valence-electron chi connectivity index (χ0n) is 15.4. The number of nitrogens with zero attached hydrogens (tertiary/aromatic N) is 2. The van der Waals surface area contributed by atoms with E-state index in [1.54, 1.807) is 0 Å². The monoisotopic (exact) mass is 376 g/mol. The van der Waals surface area contributed by atoms with Crippen molar-refractivity contribution in [3.63, 3.8) is 0 Å². The van der Waals surface area contributed by atoms with E-state index in [2.05, 4.69) is 21.8 Å². The lowest BCUT2D eigenvalue weighted by Gasteiger charge is -2.45. The molecular weight excluding hydrogens is 348 g/mol. The second kappa shape index (κ2) is 7.97. The van der Waals surface area contributed by atoms with E-state index >= 15 is 0 Å². The summed E-state index contributed by atoms with van der Waals surface area (Å²) >= 11 is 0. The number of imidazole rings is 1. The molecule has 2 aromatic rings. The maximum Gasteiger partial charge on any atom is 0.240 e. The molecule has 0 aliphatic heterocycles. The minimum Gasteiger partial charge on any atom is -0.351 e. The van der Waals surface area contributed by atoms with Gasteiger partial charge in [0.2, 0.25) is 5.91 Å². The van der Waals surface area contributed by atoms with E-state index in [9.17, 15) is 4.79 Å². The van der Waals surface area contributed by atoms with Crippen molar-refractivity contribution in [1.82, 2.24) is 14.9 Å². The SMILES string of the molecule is CCc1nc2ccccc2n1CC(=O)NC1C2CCCC1CC(N)C2.Cl. The van der Waals surface area contributed by atoms with E-state index in [4.69, 9.17) is 5.73 Å². The first-order valence-corrected chi connectivity index (χ1v) is 9.64. The number of benzene rings is 1. The van der Waals surface area contributed by atoms with Gasteiger partial charge in [0.25, 0.3) is 0 Å². The van der Waals surface area contributed by atoms with Gasteiger partial charge < -0.3 is 15.6 Å². The van der Waals surface area contributed by atoms with Gasteiger partial charge in [-0.25, -0.2) is 4.98 Å². The van der Waals surface area contributed by atoms with Crippen LogP contribution in [0.4, 0.5) is 0 Å². The summed E-state index contributed by atoms with van der Waals surface area (Å²) < 4.78 is 2.06. The van der Waals surface area contributed by atoms with Gasteiger partial charge in [-0.15, -0.1) is 12.4 Å². The van der Waals surface area contributed by atoms with Crippen LogP contribution >= 0.6 is 12.4 Å². The third-order valence-corrected chi connectivity index (χ3v) is 6.06. The van der Waals surface area contributed by atoms with Crippen LogP contribution in [0.25, 0.3) is 11.0 Å². The van der Waals surface area contributed by atoms with E-state index < -0.39 is 0 Å². The maximum atomic E-state index is 12.8. The molecule has 2 fully saturated rings. The van der Waals surface area contributed by atoms with Crippen molar-refractivity contribution in [3.05, 3.63) is 30.1 Å². The number of para-hydroxylation sites is 2. The van der Waals surface area contributed by atoms with E-state index in [0.29, 0.717) is 30.5 Å². The lowest BCUT2D eigenvalue weighted by molar-refractivity contribution is -0.124. The maximum absolute atomic E-state index is 12.8. The molecular formula is C20H29ClN4O. The third kappa shape index (κ3) is 3.60. The normalized spacial score (nSPS) is 27.8. The first-order valence-electron chi connectivity index (χ1n) is 9.64. The van der Waals surface area contributed by atoms with Crippen molar-refractivity contribution in [2.75, 3.05) is 0 Å². The molecule has 6 heteroatoms. The topological polar surface area (TPSA) is 72.9 Å². The first kappa shape index (κ1) is 19.2. The number of aryl methyl sites for hydroxylation is 1. The average molecular weight is 377 g/mol. The predicted molar refractivity (Wildman–Crippen MR) is 106 cm³/mol. The van der Waals surface area contributed by atoms with Crippen LogP contribution in [0.5, 0.6) is 0 Å². The number of halogens is 1. The van der Waals surface area contributed by atoms with Crippen LogP contribution in [0.15, 0.2) is 24.3 Å². The summed E-state index contributed by atoms with van der Waals surface area (Å²) in [5.41, 5.74) is 8.21. The van der Waals surface area contributed by atoms with E-state index in [0.717, 1.165) is 36.1 Å². The van der Waals surface area contributed by atoms with Gasteiger partial charge in [-0.05, 0) is 49.7 Å². The molecule has 0 radical (unpaired) electrons. The number of hydrogen-bond donors (Lipinski definition) is 2. The van der Waals surface area contributed by atoms with Crippen LogP contribution in [0.3, 0.4) is 0 Å². The first-order chi connectivity index (χ1) is 12.2. The van der Waals surface area contributed by atoms with Crippen molar-refractivity contribution >= 4 is 29.3 Å². The molecule has 2 aliphatic carbocycles. The second-order valence-corrected chi connectivity index (χ2v) is 7.73. The summed E-state index contributed by atoms with van der Waals surface area (Å²) in [6, 6.07) is 8.67. The van der Waals surface area contributed by atoms with Crippen LogP contribution in [-0.2, 0) is 17.8 Å². The zero-order chi connectivity index (χ0) is 17.4. The Kier molecular flexibility index (Phi) is 5.88. The van der Waals surface area contributed by atoms with E-state index in [-0.39, 0.29) is 18.3 Å². The molecule has 0 spiro atoms. The van der Waals surface area contributed by atoms with Gasteiger partial charge in [-0.2, -0.15) is 0 Å². The van der Waals surface area contributed by atoms with Gasteiger partial charge in [0.15, 0.2) is 0 Å². The highest BCUT2D eigenvalue weighted by molar-refractivity contribution is 5.85. The highest BCUT2D eigenvalue weighted by atomic mass is 35.5. The number of nitrogens with one attached hydrogen (secondary N) is 1. The molecule has 2 bridgehead atoms. The summed E-state index contributed by atoms with van der Waals surface area (Å²) in [5, 5.41) is 3.35. The Morgan fingerprint density at radius 3 is 2.65 bits per heavy atom. The Hall–Kier alpha value is -1.59. The highest BCUT2D eigenvalue weighted by Crippen LogP contribution is 2.39. The number of aromatic nitrogens is 2. The van der Waals surface area contributed by atoms with Crippen molar-refractivity contribution in [3.8, 4) is 0 Å². The van der Waals surface area contributed by atoms with Gasteiger partial charge in [0, 0.05) is 18.5 Å². The molecule has 2 unspecified atom stereocenters. The van der Waals surface area contributed by atoms with Crippen molar-refractivity contribution < 1.29 is 4.79 Å². The molecule has 2 saturated carbocycles. The summed E-state index contributed by atoms with van der Waals surface area (Å²) in [5.74, 6) is 2.19. The minimum atomic E-state index is 0. The number of fused-ring (bicyclic) bond motifs is 3. The van der Waals surface area contributed by atoms with Crippen LogP contribution in [0.1, 0.15) is 44.9 Å². The van der Waals surface area contributed by atoms with Crippen LogP contribution in [-0.4, -0.2) is 27.5 Å². The van der Waals surface area contributed by atoms with Gasteiger partial charge in [-0.1, -0.05) is 25.5 Å².